The number of ether oxygens (including phenoxy) is 1. The molecule has 2 aromatic heterocycles. The molecule has 6 heteroatoms. The van der Waals surface area contributed by atoms with Crippen molar-refractivity contribution in [2.45, 2.75) is 25.8 Å². The van der Waals surface area contributed by atoms with E-state index in [9.17, 15) is 0 Å². The lowest BCUT2D eigenvalue weighted by atomic mass is 10.1. The number of nitrogens with zero attached hydrogens (tertiary/aromatic N) is 5. The summed E-state index contributed by atoms with van der Waals surface area (Å²) in [6.45, 7) is 4.10. The highest BCUT2D eigenvalue weighted by Gasteiger charge is 2.20. The predicted octanol–water partition coefficient (Wildman–Crippen LogP) is 0.929. The SMILES string of the molecule is Cc1cnc(Cn2cc([C@@H]3CCOC3)nn2)cn1. The van der Waals surface area contributed by atoms with Gasteiger partial charge in [-0.15, -0.1) is 5.10 Å². The fraction of sp³-hybridized carbons (Fsp3) is 0.500. The number of aromatic nitrogens is 5. The number of rotatable bonds is 3. The van der Waals surface area contributed by atoms with Gasteiger partial charge in [-0.3, -0.25) is 9.97 Å². The summed E-state index contributed by atoms with van der Waals surface area (Å²) in [6, 6.07) is 0. The Morgan fingerprint density at radius 3 is 3.06 bits per heavy atom. The lowest BCUT2D eigenvalue weighted by molar-refractivity contribution is 0.193. The first-order chi connectivity index (χ1) is 8.81. The Labute approximate surface area is 105 Å². The standard InChI is InChI=1S/C12H15N5O/c1-9-4-14-11(5-13-9)6-17-7-12(15-16-17)10-2-3-18-8-10/h4-5,7,10H,2-3,6,8H2,1H3/t10-/m1/s1. The van der Waals surface area contributed by atoms with Crippen LogP contribution in [0, 0.1) is 6.92 Å². The van der Waals surface area contributed by atoms with Crippen LogP contribution in [-0.4, -0.2) is 38.2 Å². The average molecular weight is 245 g/mol. The van der Waals surface area contributed by atoms with E-state index in [1.165, 1.54) is 0 Å². The highest BCUT2D eigenvalue weighted by atomic mass is 16.5. The van der Waals surface area contributed by atoms with Crippen LogP contribution in [0.1, 0.15) is 29.4 Å². The quantitative estimate of drug-likeness (QED) is 0.804. The van der Waals surface area contributed by atoms with Gasteiger partial charge in [0, 0.05) is 24.9 Å². The molecule has 0 unspecified atom stereocenters. The third kappa shape index (κ3) is 2.38. The first-order valence-corrected chi connectivity index (χ1v) is 6.06. The molecule has 0 spiro atoms. The van der Waals surface area contributed by atoms with Gasteiger partial charge in [0.1, 0.15) is 0 Å². The number of aryl methyl sites for hydroxylation is 1. The molecular formula is C12H15N5O. The van der Waals surface area contributed by atoms with Crippen molar-refractivity contribution >= 4 is 0 Å². The number of hydrogen-bond donors (Lipinski definition) is 0. The van der Waals surface area contributed by atoms with Crippen LogP contribution in [-0.2, 0) is 11.3 Å². The van der Waals surface area contributed by atoms with Crippen LogP contribution in [0.5, 0.6) is 0 Å². The third-order valence-corrected chi connectivity index (χ3v) is 3.06. The summed E-state index contributed by atoms with van der Waals surface area (Å²) in [7, 11) is 0. The van der Waals surface area contributed by atoms with Gasteiger partial charge in [0.05, 0.1) is 36.4 Å². The van der Waals surface area contributed by atoms with E-state index in [0.29, 0.717) is 12.5 Å². The predicted molar refractivity (Wildman–Crippen MR) is 64.1 cm³/mol. The van der Waals surface area contributed by atoms with E-state index in [2.05, 4.69) is 20.3 Å². The molecule has 3 heterocycles. The van der Waals surface area contributed by atoms with Crippen LogP contribution in [0.3, 0.4) is 0 Å². The fourth-order valence-electron chi connectivity index (χ4n) is 2.01. The second-order valence-corrected chi connectivity index (χ2v) is 4.55. The Balaban J connectivity index is 1.71. The summed E-state index contributed by atoms with van der Waals surface area (Å²) in [5.41, 5.74) is 2.81. The van der Waals surface area contributed by atoms with Crippen molar-refractivity contribution in [3.05, 3.63) is 35.7 Å². The summed E-state index contributed by atoms with van der Waals surface area (Å²) in [6.07, 6.45) is 6.54. The van der Waals surface area contributed by atoms with Gasteiger partial charge in [-0.25, -0.2) is 4.68 Å². The molecule has 1 fully saturated rings. The molecule has 1 aliphatic rings. The van der Waals surface area contributed by atoms with Crippen molar-refractivity contribution < 1.29 is 4.74 Å². The lowest BCUT2D eigenvalue weighted by Crippen LogP contribution is -2.03. The van der Waals surface area contributed by atoms with Gasteiger partial charge in [0.15, 0.2) is 0 Å². The van der Waals surface area contributed by atoms with Crippen LogP contribution in [0.2, 0.25) is 0 Å². The van der Waals surface area contributed by atoms with Crippen molar-refractivity contribution in [2.24, 2.45) is 0 Å². The molecular weight excluding hydrogens is 230 g/mol. The molecule has 0 saturated carbocycles. The third-order valence-electron chi connectivity index (χ3n) is 3.06. The molecule has 18 heavy (non-hydrogen) atoms. The van der Waals surface area contributed by atoms with Gasteiger partial charge >= 0.3 is 0 Å². The molecule has 0 aromatic carbocycles. The molecule has 1 aliphatic heterocycles. The first kappa shape index (κ1) is 11.3. The van der Waals surface area contributed by atoms with Crippen molar-refractivity contribution in [3.63, 3.8) is 0 Å². The van der Waals surface area contributed by atoms with E-state index in [1.807, 2.05) is 13.1 Å². The minimum absolute atomic E-state index is 0.392. The van der Waals surface area contributed by atoms with Crippen molar-refractivity contribution in [2.75, 3.05) is 13.2 Å². The summed E-state index contributed by atoms with van der Waals surface area (Å²) >= 11 is 0. The summed E-state index contributed by atoms with van der Waals surface area (Å²) in [5, 5.41) is 8.32. The zero-order chi connectivity index (χ0) is 12.4. The maximum Gasteiger partial charge on any atom is 0.0881 e. The summed E-state index contributed by atoms with van der Waals surface area (Å²) < 4.78 is 7.15. The monoisotopic (exact) mass is 245 g/mol. The molecule has 6 nitrogen and oxygen atoms in total. The maximum absolute atomic E-state index is 5.35. The van der Waals surface area contributed by atoms with Gasteiger partial charge in [-0.1, -0.05) is 5.21 Å². The van der Waals surface area contributed by atoms with Crippen LogP contribution < -0.4 is 0 Å². The first-order valence-electron chi connectivity index (χ1n) is 6.06. The van der Waals surface area contributed by atoms with E-state index >= 15 is 0 Å². The van der Waals surface area contributed by atoms with E-state index in [-0.39, 0.29) is 0 Å². The molecule has 94 valence electrons. The summed E-state index contributed by atoms with van der Waals surface area (Å²) in [5.74, 6) is 0.392. The van der Waals surface area contributed by atoms with E-state index in [0.717, 1.165) is 36.7 Å². The largest absolute Gasteiger partial charge is 0.381 e. The summed E-state index contributed by atoms with van der Waals surface area (Å²) in [4.78, 5) is 8.52. The van der Waals surface area contributed by atoms with Crippen LogP contribution >= 0.6 is 0 Å². The fourth-order valence-corrected chi connectivity index (χ4v) is 2.01. The Bertz CT molecular complexity index is 516. The van der Waals surface area contributed by atoms with Gasteiger partial charge in [0.2, 0.25) is 0 Å². The van der Waals surface area contributed by atoms with E-state index in [1.54, 1.807) is 17.1 Å². The molecule has 0 bridgehead atoms. The second kappa shape index (κ2) is 4.81. The zero-order valence-corrected chi connectivity index (χ0v) is 10.3. The molecule has 1 atom stereocenters. The normalized spacial score (nSPS) is 19.3. The molecule has 0 N–H and O–H groups in total. The van der Waals surface area contributed by atoms with Gasteiger partial charge < -0.3 is 4.74 Å². The lowest BCUT2D eigenvalue weighted by Gasteiger charge is -2.01. The molecule has 1 saturated heterocycles. The topological polar surface area (TPSA) is 65.7 Å². The van der Waals surface area contributed by atoms with Gasteiger partial charge in [-0.05, 0) is 13.3 Å². The number of hydrogen-bond acceptors (Lipinski definition) is 5. The molecule has 0 aliphatic carbocycles. The minimum atomic E-state index is 0.392. The van der Waals surface area contributed by atoms with Gasteiger partial charge in [-0.2, -0.15) is 0 Å². The van der Waals surface area contributed by atoms with Crippen LogP contribution in [0.15, 0.2) is 18.6 Å². The van der Waals surface area contributed by atoms with Crippen molar-refractivity contribution in [1.82, 2.24) is 25.0 Å². The minimum Gasteiger partial charge on any atom is -0.381 e. The van der Waals surface area contributed by atoms with Crippen molar-refractivity contribution in [1.29, 1.82) is 0 Å². The zero-order valence-electron chi connectivity index (χ0n) is 10.3. The molecule has 0 radical (unpaired) electrons. The van der Waals surface area contributed by atoms with Crippen LogP contribution in [0.25, 0.3) is 0 Å². The van der Waals surface area contributed by atoms with E-state index in [4.69, 9.17) is 4.74 Å². The Kier molecular flexibility index (Phi) is 3.02. The molecule has 2 aromatic rings. The smallest absolute Gasteiger partial charge is 0.0881 e. The highest BCUT2D eigenvalue weighted by Crippen LogP contribution is 2.22. The average Bonchev–Trinajstić information content (AvgIpc) is 3.02. The van der Waals surface area contributed by atoms with Gasteiger partial charge in [0.25, 0.3) is 0 Å². The maximum atomic E-state index is 5.35. The Morgan fingerprint density at radius 2 is 2.33 bits per heavy atom. The van der Waals surface area contributed by atoms with Crippen LogP contribution in [0.4, 0.5) is 0 Å². The Hall–Kier alpha value is -1.82. The van der Waals surface area contributed by atoms with Crippen molar-refractivity contribution in [3.8, 4) is 0 Å². The highest BCUT2D eigenvalue weighted by molar-refractivity contribution is 5.06. The Morgan fingerprint density at radius 1 is 1.39 bits per heavy atom. The molecule has 0 amide bonds. The molecule has 3 rings (SSSR count). The second-order valence-electron chi connectivity index (χ2n) is 4.55. The van der Waals surface area contributed by atoms with E-state index < -0.39 is 0 Å².